The summed E-state index contributed by atoms with van der Waals surface area (Å²) >= 11 is 5.91. The number of anilines is 1. The number of hydrogen-bond donors (Lipinski definition) is 1. The van der Waals surface area contributed by atoms with Crippen molar-refractivity contribution in [1.29, 1.82) is 0 Å². The molecule has 0 heterocycles. The summed E-state index contributed by atoms with van der Waals surface area (Å²) in [7, 11) is 1.93. The van der Waals surface area contributed by atoms with Crippen LogP contribution in [0.2, 0.25) is 5.02 Å². The van der Waals surface area contributed by atoms with Gasteiger partial charge >= 0.3 is 0 Å². The smallest absolute Gasteiger partial charge is 0.123 e. The van der Waals surface area contributed by atoms with Crippen LogP contribution in [-0.2, 0) is 0 Å². The molecular weight excluding hydrogens is 289 g/mol. The van der Waals surface area contributed by atoms with Crippen LogP contribution in [0, 0.1) is 5.82 Å². The molecule has 0 amide bonds. The Morgan fingerprint density at radius 3 is 2.29 bits per heavy atom. The first-order valence-electron chi connectivity index (χ1n) is 6.86. The number of halogens is 2. The summed E-state index contributed by atoms with van der Waals surface area (Å²) in [5.41, 5.74) is 2.50. The lowest BCUT2D eigenvalue weighted by Crippen LogP contribution is -2.23. The second kappa shape index (κ2) is 6.46. The van der Waals surface area contributed by atoms with E-state index in [0.717, 1.165) is 11.3 Å². The Hall–Kier alpha value is -1.58. The van der Waals surface area contributed by atoms with E-state index in [1.807, 2.05) is 36.2 Å². The summed E-state index contributed by atoms with van der Waals surface area (Å²) < 4.78 is 13.4. The fraction of sp³-hybridized carbons (Fsp3) is 0.294. The van der Waals surface area contributed by atoms with Crippen LogP contribution in [0.4, 0.5) is 10.1 Å². The average molecular weight is 308 g/mol. The Balaban J connectivity index is 2.35. The molecule has 0 bridgehead atoms. The Labute approximate surface area is 129 Å². The first kappa shape index (κ1) is 15.8. The summed E-state index contributed by atoms with van der Waals surface area (Å²) in [6, 6.07) is 12.2. The number of aliphatic hydroxyl groups is 1. The molecular formula is C17H19ClFNO. The zero-order valence-electron chi connectivity index (χ0n) is 12.3. The topological polar surface area (TPSA) is 23.5 Å². The maximum Gasteiger partial charge on any atom is 0.123 e. The molecule has 0 aliphatic carbocycles. The molecule has 2 unspecified atom stereocenters. The standard InChI is InChI=1S/C17H19ClFNO/c1-11(13-4-6-14(18)7-5-13)20(3)17-9-8-15(19)10-16(17)12(2)21/h4-12,21H,1-3H3. The van der Waals surface area contributed by atoms with Crippen LogP contribution in [0.25, 0.3) is 0 Å². The quantitative estimate of drug-likeness (QED) is 0.882. The Bertz CT molecular complexity index is 613. The highest BCUT2D eigenvalue weighted by Gasteiger charge is 2.18. The molecule has 0 aromatic heterocycles. The summed E-state index contributed by atoms with van der Waals surface area (Å²) in [6.07, 6.45) is -0.726. The zero-order valence-corrected chi connectivity index (χ0v) is 13.1. The monoisotopic (exact) mass is 307 g/mol. The number of rotatable bonds is 4. The number of hydrogen-bond acceptors (Lipinski definition) is 2. The molecule has 0 saturated carbocycles. The largest absolute Gasteiger partial charge is 0.389 e. The number of aliphatic hydroxyl groups excluding tert-OH is 1. The van der Waals surface area contributed by atoms with Gasteiger partial charge in [0.05, 0.1) is 12.1 Å². The molecule has 1 N–H and O–H groups in total. The van der Waals surface area contributed by atoms with Gasteiger partial charge in [-0.15, -0.1) is 0 Å². The van der Waals surface area contributed by atoms with Crippen LogP contribution in [0.1, 0.15) is 37.1 Å². The lowest BCUT2D eigenvalue weighted by molar-refractivity contribution is 0.199. The third-order valence-corrected chi connectivity index (χ3v) is 4.00. The second-order valence-electron chi connectivity index (χ2n) is 5.22. The normalized spacial score (nSPS) is 13.8. The van der Waals surface area contributed by atoms with Crippen molar-refractivity contribution in [2.75, 3.05) is 11.9 Å². The Kier molecular flexibility index (Phi) is 4.86. The van der Waals surface area contributed by atoms with Gasteiger partial charge in [0.15, 0.2) is 0 Å². The van der Waals surface area contributed by atoms with E-state index in [-0.39, 0.29) is 11.9 Å². The van der Waals surface area contributed by atoms with Crippen molar-refractivity contribution in [2.45, 2.75) is 26.0 Å². The summed E-state index contributed by atoms with van der Waals surface area (Å²) in [4.78, 5) is 2.02. The van der Waals surface area contributed by atoms with E-state index in [9.17, 15) is 9.50 Å². The van der Waals surface area contributed by atoms with Gasteiger partial charge in [-0.2, -0.15) is 0 Å². The molecule has 2 atom stereocenters. The average Bonchev–Trinajstić information content (AvgIpc) is 2.46. The first-order valence-corrected chi connectivity index (χ1v) is 7.23. The molecule has 0 radical (unpaired) electrons. The molecule has 2 rings (SSSR count). The van der Waals surface area contributed by atoms with Gasteiger partial charge in [0.25, 0.3) is 0 Å². The van der Waals surface area contributed by atoms with Crippen molar-refractivity contribution >= 4 is 17.3 Å². The minimum absolute atomic E-state index is 0.0743. The van der Waals surface area contributed by atoms with Crippen LogP contribution >= 0.6 is 11.6 Å². The Morgan fingerprint density at radius 1 is 1.10 bits per heavy atom. The molecule has 0 aliphatic rings. The molecule has 112 valence electrons. The molecule has 0 spiro atoms. The van der Waals surface area contributed by atoms with Crippen LogP contribution < -0.4 is 4.90 Å². The van der Waals surface area contributed by atoms with E-state index in [0.29, 0.717) is 10.6 Å². The Morgan fingerprint density at radius 2 is 1.71 bits per heavy atom. The number of nitrogens with zero attached hydrogens (tertiary/aromatic N) is 1. The van der Waals surface area contributed by atoms with Crippen molar-refractivity contribution in [3.05, 3.63) is 64.4 Å². The SMILES string of the molecule is CC(O)c1cc(F)ccc1N(C)C(C)c1ccc(Cl)cc1. The summed E-state index contributed by atoms with van der Waals surface area (Å²) in [5, 5.41) is 10.6. The molecule has 0 fully saturated rings. The van der Waals surface area contributed by atoms with Gasteiger partial charge in [0.1, 0.15) is 5.82 Å². The lowest BCUT2D eigenvalue weighted by Gasteiger charge is -2.30. The van der Waals surface area contributed by atoms with Gasteiger partial charge in [-0.25, -0.2) is 4.39 Å². The van der Waals surface area contributed by atoms with Crippen molar-refractivity contribution in [3.63, 3.8) is 0 Å². The first-order chi connectivity index (χ1) is 9.90. The number of benzene rings is 2. The van der Waals surface area contributed by atoms with Crippen LogP contribution in [-0.4, -0.2) is 12.2 Å². The van der Waals surface area contributed by atoms with Gasteiger partial charge in [-0.1, -0.05) is 23.7 Å². The fourth-order valence-electron chi connectivity index (χ4n) is 2.35. The zero-order chi connectivity index (χ0) is 15.6. The van der Waals surface area contributed by atoms with E-state index >= 15 is 0 Å². The summed E-state index contributed by atoms with van der Waals surface area (Å²) in [6.45, 7) is 3.69. The lowest BCUT2D eigenvalue weighted by atomic mass is 10.0. The predicted octanol–water partition coefficient (Wildman–Crippen LogP) is 4.73. The molecule has 0 saturated heterocycles. The van der Waals surface area contributed by atoms with Crippen molar-refractivity contribution in [2.24, 2.45) is 0 Å². The molecule has 2 aromatic rings. The van der Waals surface area contributed by atoms with Crippen LogP contribution in [0.5, 0.6) is 0 Å². The molecule has 0 aliphatic heterocycles. The minimum Gasteiger partial charge on any atom is -0.389 e. The molecule has 21 heavy (non-hydrogen) atoms. The van der Waals surface area contributed by atoms with E-state index in [4.69, 9.17) is 11.6 Å². The van der Waals surface area contributed by atoms with Crippen molar-refractivity contribution in [3.8, 4) is 0 Å². The van der Waals surface area contributed by atoms with E-state index in [2.05, 4.69) is 6.92 Å². The highest BCUT2D eigenvalue weighted by Crippen LogP contribution is 2.32. The van der Waals surface area contributed by atoms with Crippen LogP contribution in [0.3, 0.4) is 0 Å². The van der Waals surface area contributed by atoms with E-state index < -0.39 is 6.10 Å². The minimum atomic E-state index is -0.726. The predicted molar refractivity (Wildman–Crippen MR) is 85.3 cm³/mol. The fourth-order valence-corrected chi connectivity index (χ4v) is 2.48. The van der Waals surface area contributed by atoms with Gasteiger partial charge in [0.2, 0.25) is 0 Å². The highest BCUT2D eigenvalue weighted by molar-refractivity contribution is 6.30. The third-order valence-electron chi connectivity index (χ3n) is 3.75. The maximum atomic E-state index is 13.4. The molecule has 2 aromatic carbocycles. The van der Waals surface area contributed by atoms with Crippen LogP contribution in [0.15, 0.2) is 42.5 Å². The van der Waals surface area contributed by atoms with Gasteiger partial charge < -0.3 is 10.0 Å². The molecule has 2 nitrogen and oxygen atoms in total. The second-order valence-corrected chi connectivity index (χ2v) is 5.65. The van der Waals surface area contributed by atoms with E-state index in [1.165, 1.54) is 12.1 Å². The van der Waals surface area contributed by atoms with Gasteiger partial charge in [0, 0.05) is 23.3 Å². The van der Waals surface area contributed by atoms with Crippen molar-refractivity contribution < 1.29 is 9.50 Å². The van der Waals surface area contributed by atoms with Gasteiger partial charge in [-0.05, 0) is 49.7 Å². The molecule has 4 heteroatoms. The third kappa shape index (κ3) is 3.55. The van der Waals surface area contributed by atoms with Gasteiger partial charge in [-0.3, -0.25) is 0 Å². The van der Waals surface area contributed by atoms with Crippen molar-refractivity contribution in [1.82, 2.24) is 0 Å². The maximum absolute atomic E-state index is 13.4. The highest BCUT2D eigenvalue weighted by atomic mass is 35.5. The summed E-state index contributed by atoms with van der Waals surface area (Å²) in [5.74, 6) is -0.345. The van der Waals surface area contributed by atoms with E-state index in [1.54, 1.807) is 13.0 Å².